The third kappa shape index (κ3) is 5.92. The highest BCUT2D eigenvalue weighted by Gasteiger charge is 2.17. The van der Waals surface area contributed by atoms with Crippen LogP contribution in [0, 0.1) is 0 Å². The highest BCUT2D eigenvalue weighted by atomic mass is 16.5. The second-order valence-corrected chi connectivity index (χ2v) is 16.8. The number of esters is 2. The van der Waals surface area contributed by atoms with Crippen LogP contribution in [0.1, 0.15) is 20.7 Å². The van der Waals surface area contributed by atoms with Crippen molar-refractivity contribution in [2.45, 2.75) is 0 Å². The van der Waals surface area contributed by atoms with E-state index in [1.165, 1.54) is 43.1 Å². The van der Waals surface area contributed by atoms with Gasteiger partial charge in [0, 0.05) is 10.8 Å². The lowest BCUT2D eigenvalue weighted by Crippen LogP contribution is -2.11. The van der Waals surface area contributed by atoms with Crippen LogP contribution in [0.3, 0.4) is 0 Å². The summed E-state index contributed by atoms with van der Waals surface area (Å²) in [5, 5.41) is 22.2. The van der Waals surface area contributed by atoms with Crippen LogP contribution < -0.4 is 9.47 Å². The topological polar surface area (TPSA) is 52.6 Å². The van der Waals surface area contributed by atoms with E-state index in [2.05, 4.69) is 146 Å². The molecule has 0 amide bonds. The number of carbonyl (C=O) groups excluding carboxylic acids is 2. The summed E-state index contributed by atoms with van der Waals surface area (Å²) in [7, 11) is 0. The first kappa shape index (κ1) is 36.1. The van der Waals surface area contributed by atoms with Crippen LogP contribution in [0.4, 0.5) is 0 Å². The Morgan fingerprint density at radius 3 is 0.891 bits per heavy atom. The maximum atomic E-state index is 13.7. The zero-order valence-electron chi connectivity index (χ0n) is 34.3. The summed E-state index contributed by atoms with van der Waals surface area (Å²) in [4.78, 5) is 27.4. The number of benzene rings is 13. The summed E-state index contributed by atoms with van der Waals surface area (Å²) in [5.74, 6) is -0.0981. The maximum absolute atomic E-state index is 13.7. The second-order valence-electron chi connectivity index (χ2n) is 16.8. The van der Waals surface area contributed by atoms with E-state index in [1.807, 2.05) is 36.4 Å². The van der Waals surface area contributed by atoms with Crippen LogP contribution in [-0.4, -0.2) is 11.9 Å². The molecule has 0 spiro atoms. The number of rotatable bonds is 4. The highest BCUT2D eigenvalue weighted by molar-refractivity contribution is 6.19. The van der Waals surface area contributed by atoms with Gasteiger partial charge in [0.05, 0.1) is 11.1 Å². The minimum absolute atomic E-state index is 0.322. The minimum atomic E-state index is -0.516. The second kappa shape index (κ2) is 14.0. The molecule has 0 aliphatic rings. The first-order chi connectivity index (χ1) is 31.5. The molecule has 0 bridgehead atoms. The monoisotopic (exact) mass is 818 g/mol. The molecule has 13 aromatic rings. The largest absolute Gasteiger partial charge is 0.422 e. The molecular formula is C60H34O4. The number of hydrogen-bond donors (Lipinski definition) is 0. The quantitative estimate of drug-likeness (QED) is 0.0768. The van der Waals surface area contributed by atoms with Gasteiger partial charge >= 0.3 is 11.9 Å². The van der Waals surface area contributed by atoms with E-state index in [0.717, 1.165) is 64.6 Å². The van der Waals surface area contributed by atoms with Crippen LogP contribution >= 0.6 is 0 Å². The number of ether oxygens (including phenoxy) is 2. The van der Waals surface area contributed by atoms with Crippen molar-refractivity contribution in [1.29, 1.82) is 0 Å². The van der Waals surface area contributed by atoms with Gasteiger partial charge in [-0.1, -0.05) is 97.1 Å². The summed E-state index contributed by atoms with van der Waals surface area (Å²) in [6, 6.07) is 70.1. The van der Waals surface area contributed by atoms with E-state index in [0.29, 0.717) is 22.6 Å². The molecule has 0 saturated carbocycles. The van der Waals surface area contributed by atoms with Gasteiger partial charge in [0.15, 0.2) is 0 Å². The average molecular weight is 819 g/mol. The molecule has 0 aliphatic heterocycles. The first-order valence-corrected chi connectivity index (χ1v) is 21.4. The fourth-order valence-corrected chi connectivity index (χ4v) is 9.73. The van der Waals surface area contributed by atoms with Crippen molar-refractivity contribution >= 4 is 120 Å². The lowest BCUT2D eigenvalue weighted by Gasteiger charge is -2.12. The summed E-state index contributed by atoms with van der Waals surface area (Å²) in [6.07, 6.45) is 0. The molecule has 0 fully saturated rings. The van der Waals surface area contributed by atoms with E-state index in [-0.39, 0.29) is 0 Å². The molecule has 0 aliphatic carbocycles. The van der Waals surface area contributed by atoms with Gasteiger partial charge in [0.2, 0.25) is 0 Å². The van der Waals surface area contributed by atoms with Gasteiger partial charge < -0.3 is 9.47 Å². The van der Waals surface area contributed by atoms with Crippen LogP contribution in [-0.2, 0) is 0 Å². The number of fused-ring (bicyclic) bond motifs is 12. The van der Waals surface area contributed by atoms with Crippen molar-refractivity contribution in [2.24, 2.45) is 0 Å². The SMILES string of the molecule is O=C(Oc1cccc2cc3ccc4cc5cc6ccccc6cc5cc4c3cc12)c1ccc(C(=O)Oc2cccc3cc4ccc5cc6cc7ccccc7cc6cc5c4cc23)cc1. The van der Waals surface area contributed by atoms with Gasteiger partial charge in [0.25, 0.3) is 0 Å². The molecule has 0 atom stereocenters. The fourth-order valence-electron chi connectivity index (χ4n) is 9.73. The zero-order valence-corrected chi connectivity index (χ0v) is 34.3. The Labute approximate surface area is 366 Å². The zero-order chi connectivity index (χ0) is 42.5. The molecule has 0 saturated heterocycles. The molecule has 0 radical (unpaired) electrons. The van der Waals surface area contributed by atoms with Crippen LogP contribution in [0.15, 0.2) is 206 Å². The summed E-state index contributed by atoms with van der Waals surface area (Å²) < 4.78 is 12.2. The normalized spacial score (nSPS) is 11.9. The third-order valence-electron chi connectivity index (χ3n) is 13.0. The highest BCUT2D eigenvalue weighted by Crippen LogP contribution is 2.38. The van der Waals surface area contributed by atoms with Crippen molar-refractivity contribution in [2.75, 3.05) is 0 Å². The van der Waals surface area contributed by atoms with Crippen LogP contribution in [0.5, 0.6) is 11.5 Å². The lowest BCUT2D eigenvalue weighted by atomic mass is 9.94. The van der Waals surface area contributed by atoms with E-state index in [4.69, 9.17) is 9.47 Å². The predicted octanol–water partition coefficient (Wildman–Crippen LogP) is 15.7. The lowest BCUT2D eigenvalue weighted by molar-refractivity contribution is 0.0723. The summed E-state index contributed by atoms with van der Waals surface area (Å²) in [5.41, 5.74) is 0.644. The minimum Gasteiger partial charge on any atom is -0.422 e. The number of hydrogen-bond acceptors (Lipinski definition) is 4. The smallest absolute Gasteiger partial charge is 0.343 e. The molecule has 4 heteroatoms. The molecule has 0 aromatic heterocycles. The van der Waals surface area contributed by atoms with Gasteiger partial charge in [0.1, 0.15) is 11.5 Å². The van der Waals surface area contributed by atoms with Gasteiger partial charge in [-0.25, -0.2) is 9.59 Å². The first-order valence-electron chi connectivity index (χ1n) is 21.4. The maximum Gasteiger partial charge on any atom is 0.343 e. The van der Waals surface area contributed by atoms with Gasteiger partial charge in [-0.3, -0.25) is 0 Å². The Morgan fingerprint density at radius 2 is 0.516 bits per heavy atom. The standard InChI is InChI=1S/C60H34O4/c61-59(63-57-13-5-11-41-27-43-19-21-45-29-47-23-37-7-1-3-9-39(37)25-49(47)31-51(45)53(43)33-55(41)57)35-15-17-36(18-16-35)60(62)64-58-14-6-12-42-28-44-20-22-46-30-48-24-38-8-2-4-10-40(38)26-50(48)32-52(46)54(44)34-56(42)58/h1-34H. The van der Waals surface area contributed by atoms with Crippen LogP contribution in [0.25, 0.3) is 108 Å². The molecule has 0 N–H and O–H groups in total. The predicted molar refractivity (Wildman–Crippen MR) is 264 cm³/mol. The van der Waals surface area contributed by atoms with Crippen molar-refractivity contribution in [1.82, 2.24) is 0 Å². The van der Waals surface area contributed by atoms with Crippen molar-refractivity contribution < 1.29 is 19.1 Å². The molecule has 0 heterocycles. The molecule has 298 valence electrons. The summed E-state index contributed by atoms with van der Waals surface area (Å²) in [6.45, 7) is 0. The van der Waals surface area contributed by atoms with Gasteiger partial charge in [-0.2, -0.15) is 0 Å². The Bertz CT molecular complexity index is 3900. The van der Waals surface area contributed by atoms with E-state index in [1.54, 1.807) is 24.3 Å². The molecule has 64 heavy (non-hydrogen) atoms. The van der Waals surface area contributed by atoms with Gasteiger partial charge in [-0.05, 0) is 206 Å². The Hall–Kier alpha value is -8.60. The number of carbonyl (C=O) groups is 2. The summed E-state index contributed by atoms with van der Waals surface area (Å²) >= 11 is 0. The van der Waals surface area contributed by atoms with Crippen molar-refractivity contribution in [3.05, 3.63) is 217 Å². The van der Waals surface area contributed by atoms with E-state index < -0.39 is 11.9 Å². The van der Waals surface area contributed by atoms with Crippen LogP contribution in [0.2, 0.25) is 0 Å². The Balaban J connectivity index is 0.793. The molecule has 4 nitrogen and oxygen atoms in total. The molecular weight excluding hydrogens is 785 g/mol. The average Bonchev–Trinajstić information content (AvgIpc) is 3.33. The Kier molecular flexibility index (Phi) is 7.87. The molecule has 13 aromatic carbocycles. The third-order valence-corrected chi connectivity index (χ3v) is 13.0. The fraction of sp³-hybridized carbons (Fsp3) is 0. The Morgan fingerprint density at radius 1 is 0.234 bits per heavy atom. The van der Waals surface area contributed by atoms with Crippen molar-refractivity contribution in [3.8, 4) is 11.5 Å². The van der Waals surface area contributed by atoms with E-state index in [9.17, 15) is 9.59 Å². The molecule has 13 rings (SSSR count). The van der Waals surface area contributed by atoms with Gasteiger partial charge in [-0.15, -0.1) is 0 Å². The molecule has 0 unspecified atom stereocenters. The van der Waals surface area contributed by atoms with Crippen molar-refractivity contribution in [3.63, 3.8) is 0 Å². The van der Waals surface area contributed by atoms with E-state index >= 15 is 0 Å².